The molecule has 0 atom stereocenters. The molecule has 0 unspecified atom stereocenters. The molecular formula is C18H26O10. The van der Waals surface area contributed by atoms with Crippen molar-refractivity contribution < 1.29 is 49.0 Å². The number of benzene rings is 1. The quantitative estimate of drug-likeness (QED) is 0.231. The van der Waals surface area contributed by atoms with Crippen molar-refractivity contribution in [2.75, 3.05) is 40.0 Å². The van der Waals surface area contributed by atoms with Crippen LogP contribution < -0.4 is 0 Å². The Morgan fingerprint density at radius 3 is 1.86 bits per heavy atom. The molecule has 0 spiro atoms. The van der Waals surface area contributed by atoms with Crippen LogP contribution in [-0.4, -0.2) is 72.4 Å². The van der Waals surface area contributed by atoms with Gasteiger partial charge in [0.05, 0.1) is 37.6 Å². The highest BCUT2D eigenvalue weighted by Crippen LogP contribution is 2.21. The second-order valence-electron chi connectivity index (χ2n) is 5.68. The van der Waals surface area contributed by atoms with Gasteiger partial charge < -0.3 is 39.4 Å². The van der Waals surface area contributed by atoms with Crippen molar-refractivity contribution in [3.8, 4) is 0 Å². The largest absolute Gasteiger partial charge is 0.478 e. The normalized spacial score (nSPS) is 10.9. The number of ether oxygens (including phenoxy) is 4. The summed E-state index contributed by atoms with van der Waals surface area (Å²) in [6.45, 7) is 0.171. The predicted octanol–water partition coefficient (Wildman–Crippen LogP) is 0.829. The van der Waals surface area contributed by atoms with Crippen LogP contribution in [0.5, 0.6) is 0 Å². The topological polar surface area (TPSA) is 152 Å². The van der Waals surface area contributed by atoms with E-state index in [1.54, 1.807) is 0 Å². The Morgan fingerprint density at radius 2 is 1.36 bits per heavy atom. The van der Waals surface area contributed by atoms with Gasteiger partial charge in [-0.15, -0.1) is 0 Å². The number of carboxylic acids is 2. The molecule has 0 saturated heterocycles. The number of rotatable bonds is 16. The van der Waals surface area contributed by atoms with Gasteiger partial charge in [-0.25, -0.2) is 9.59 Å². The van der Waals surface area contributed by atoms with Crippen molar-refractivity contribution in [1.82, 2.24) is 0 Å². The van der Waals surface area contributed by atoms with Crippen LogP contribution in [-0.2, 0) is 32.2 Å². The van der Waals surface area contributed by atoms with Gasteiger partial charge in [0.25, 0.3) is 0 Å². The maximum atomic E-state index is 11.6. The fourth-order valence-corrected chi connectivity index (χ4v) is 2.21. The van der Waals surface area contributed by atoms with Crippen LogP contribution in [0.1, 0.15) is 44.7 Å². The molecule has 158 valence electrons. The van der Waals surface area contributed by atoms with E-state index in [-0.39, 0.29) is 56.7 Å². The van der Waals surface area contributed by atoms with Gasteiger partial charge in [-0.1, -0.05) is 0 Å². The Balaban J connectivity index is 2.84. The molecule has 0 saturated carbocycles. The van der Waals surface area contributed by atoms with Crippen molar-refractivity contribution >= 4 is 11.9 Å². The Morgan fingerprint density at radius 1 is 0.786 bits per heavy atom. The van der Waals surface area contributed by atoms with Gasteiger partial charge in [0.1, 0.15) is 13.6 Å². The van der Waals surface area contributed by atoms with Crippen LogP contribution in [0.4, 0.5) is 0 Å². The Bertz CT molecular complexity index is 617. The summed E-state index contributed by atoms with van der Waals surface area (Å²) in [6, 6.07) is 2.39. The molecule has 0 fully saturated rings. The van der Waals surface area contributed by atoms with Crippen molar-refractivity contribution in [3.05, 3.63) is 34.4 Å². The molecule has 10 nitrogen and oxygen atoms in total. The average Bonchev–Trinajstić information content (AvgIpc) is 2.67. The summed E-state index contributed by atoms with van der Waals surface area (Å²) in [6.07, 6.45) is 0.906. The van der Waals surface area contributed by atoms with E-state index in [4.69, 9.17) is 29.2 Å². The van der Waals surface area contributed by atoms with Gasteiger partial charge >= 0.3 is 11.9 Å². The van der Waals surface area contributed by atoms with Gasteiger partial charge in [-0.3, -0.25) is 0 Å². The molecule has 0 amide bonds. The summed E-state index contributed by atoms with van der Waals surface area (Å²) < 4.78 is 20.9. The second kappa shape index (κ2) is 14.0. The number of aliphatic hydroxyl groups excluding tert-OH is 2. The number of aromatic carboxylic acids is 2. The minimum Gasteiger partial charge on any atom is -0.478 e. The lowest BCUT2D eigenvalue weighted by Gasteiger charge is -2.15. The average molecular weight is 402 g/mol. The van der Waals surface area contributed by atoms with Crippen LogP contribution in [0.3, 0.4) is 0 Å². The van der Waals surface area contributed by atoms with Crippen molar-refractivity contribution in [2.24, 2.45) is 0 Å². The van der Waals surface area contributed by atoms with Crippen LogP contribution >= 0.6 is 0 Å². The zero-order valence-electron chi connectivity index (χ0n) is 15.5. The van der Waals surface area contributed by atoms with Gasteiger partial charge in [-0.2, -0.15) is 0 Å². The van der Waals surface area contributed by atoms with Crippen LogP contribution in [0.2, 0.25) is 0 Å². The molecule has 0 aliphatic rings. The number of carbonyl (C=O) groups is 2. The second-order valence-corrected chi connectivity index (χ2v) is 5.68. The highest BCUT2D eigenvalue weighted by atomic mass is 16.7. The van der Waals surface area contributed by atoms with Gasteiger partial charge in [0.15, 0.2) is 0 Å². The highest BCUT2D eigenvalue weighted by Gasteiger charge is 2.19. The molecule has 0 heterocycles. The smallest absolute Gasteiger partial charge is 0.336 e. The van der Waals surface area contributed by atoms with Crippen molar-refractivity contribution in [3.63, 3.8) is 0 Å². The molecule has 0 aliphatic heterocycles. The summed E-state index contributed by atoms with van der Waals surface area (Å²) in [7, 11) is 0. The maximum absolute atomic E-state index is 11.6. The molecule has 0 aromatic heterocycles. The van der Waals surface area contributed by atoms with E-state index in [1.807, 2.05) is 0 Å². The summed E-state index contributed by atoms with van der Waals surface area (Å²) >= 11 is 0. The minimum absolute atomic E-state index is 0.00943. The molecule has 28 heavy (non-hydrogen) atoms. The highest BCUT2D eigenvalue weighted by molar-refractivity contribution is 5.95. The summed E-state index contributed by atoms with van der Waals surface area (Å²) in [5.74, 6) is -2.55. The molecule has 4 N–H and O–H groups in total. The standard InChI is InChI=1S/C18H26O10/c19-3-1-5-25-11-27-9-14-7-13(17(21)22)8-15(18(23)24)16(14)10-28-12-26-6-2-4-20/h7-8,19-20H,1-6,9-12H2,(H,21,22)(H,23,24). The van der Waals surface area contributed by atoms with E-state index in [1.165, 1.54) is 6.07 Å². The van der Waals surface area contributed by atoms with E-state index in [9.17, 15) is 19.8 Å². The van der Waals surface area contributed by atoms with E-state index < -0.39 is 11.9 Å². The first kappa shape index (κ1) is 24.0. The lowest BCUT2D eigenvalue weighted by Crippen LogP contribution is -2.13. The summed E-state index contributed by atoms with van der Waals surface area (Å²) in [5, 5.41) is 36.0. The number of hydrogen-bond donors (Lipinski definition) is 4. The van der Waals surface area contributed by atoms with E-state index in [0.29, 0.717) is 31.6 Å². The zero-order chi connectivity index (χ0) is 20.8. The fraction of sp³-hybridized carbons (Fsp3) is 0.556. The van der Waals surface area contributed by atoms with Crippen molar-refractivity contribution in [2.45, 2.75) is 26.1 Å². The molecule has 10 heteroatoms. The van der Waals surface area contributed by atoms with E-state index in [2.05, 4.69) is 0 Å². The van der Waals surface area contributed by atoms with Gasteiger partial charge in [0, 0.05) is 13.2 Å². The first-order valence-corrected chi connectivity index (χ1v) is 8.66. The SMILES string of the molecule is O=C(O)c1cc(COCOCCCO)c(COCOCCCO)c(C(=O)O)c1. The summed E-state index contributed by atoms with van der Waals surface area (Å²) in [4.78, 5) is 22.9. The number of carboxylic acid groups (broad SMARTS) is 2. The van der Waals surface area contributed by atoms with Crippen molar-refractivity contribution in [1.29, 1.82) is 0 Å². The minimum atomic E-state index is -1.29. The molecule has 0 bridgehead atoms. The van der Waals surface area contributed by atoms with E-state index >= 15 is 0 Å². The van der Waals surface area contributed by atoms with Gasteiger partial charge in [-0.05, 0) is 36.1 Å². The third kappa shape index (κ3) is 8.74. The van der Waals surface area contributed by atoms with Crippen LogP contribution in [0.15, 0.2) is 12.1 Å². The first-order chi connectivity index (χ1) is 13.5. The third-order valence-corrected chi connectivity index (χ3v) is 3.55. The predicted molar refractivity (Wildman–Crippen MR) is 95.0 cm³/mol. The molecule has 1 rings (SSSR count). The van der Waals surface area contributed by atoms with E-state index in [0.717, 1.165) is 6.07 Å². The first-order valence-electron chi connectivity index (χ1n) is 8.66. The molecule has 0 radical (unpaired) electrons. The number of aliphatic hydroxyl groups is 2. The third-order valence-electron chi connectivity index (χ3n) is 3.55. The maximum Gasteiger partial charge on any atom is 0.336 e. The Kier molecular flexibility index (Phi) is 12.0. The molecular weight excluding hydrogens is 376 g/mol. The molecule has 0 aliphatic carbocycles. The zero-order valence-corrected chi connectivity index (χ0v) is 15.5. The lowest BCUT2D eigenvalue weighted by molar-refractivity contribution is -0.0696. The fourth-order valence-electron chi connectivity index (χ4n) is 2.21. The van der Waals surface area contributed by atoms with Crippen LogP contribution in [0, 0.1) is 0 Å². The van der Waals surface area contributed by atoms with Gasteiger partial charge in [0.2, 0.25) is 0 Å². The molecule has 1 aromatic rings. The number of hydrogen-bond acceptors (Lipinski definition) is 8. The Labute approximate surface area is 162 Å². The molecule has 1 aromatic carbocycles. The van der Waals surface area contributed by atoms with Crippen LogP contribution in [0.25, 0.3) is 0 Å². The Hall–Kier alpha value is -2.08. The summed E-state index contributed by atoms with van der Waals surface area (Å²) in [5.41, 5.74) is 0.243. The monoisotopic (exact) mass is 402 g/mol. The lowest BCUT2D eigenvalue weighted by atomic mass is 9.98.